The highest BCUT2D eigenvalue weighted by Crippen LogP contribution is 2.15. The topological polar surface area (TPSA) is 34.1 Å². The molecule has 1 aromatic carbocycles. The van der Waals surface area contributed by atoms with Crippen LogP contribution in [0.4, 0.5) is 0 Å². The molecular weight excluding hydrogens is 236 g/mol. The largest absolute Gasteiger partial charge is 0.380 e. The molecule has 0 saturated heterocycles. The number of hydrogen-bond acceptors (Lipinski definition) is 3. The van der Waals surface area contributed by atoms with Gasteiger partial charge in [0.15, 0.2) is 0 Å². The summed E-state index contributed by atoms with van der Waals surface area (Å²) < 4.78 is 5.55. The Balaban J connectivity index is 1.82. The number of para-hydroxylation sites is 1. The van der Waals surface area contributed by atoms with Gasteiger partial charge in [0.25, 0.3) is 0 Å². The quantitative estimate of drug-likeness (QED) is 0.775. The summed E-state index contributed by atoms with van der Waals surface area (Å²) in [4.78, 5) is 4.37. The number of nitrogens with one attached hydrogen (secondary N) is 1. The van der Waals surface area contributed by atoms with Crippen LogP contribution in [0.5, 0.6) is 0 Å². The second-order valence-corrected chi connectivity index (χ2v) is 5.13. The van der Waals surface area contributed by atoms with Gasteiger partial charge < -0.3 is 10.1 Å². The SMILES string of the molecule is CC(C)COCCNCc1ccnc2ccccc12. The molecule has 0 aliphatic rings. The first-order valence-corrected chi connectivity index (χ1v) is 6.88. The van der Waals surface area contributed by atoms with E-state index in [1.807, 2.05) is 18.3 Å². The minimum Gasteiger partial charge on any atom is -0.380 e. The molecular formula is C16H22N2O. The van der Waals surface area contributed by atoms with Crippen LogP contribution in [-0.2, 0) is 11.3 Å². The van der Waals surface area contributed by atoms with Crippen molar-refractivity contribution in [2.24, 2.45) is 5.92 Å². The van der Waals surface area contributed by atoms with Gasteiger partial charge in [0.1, 0.15) is 0 Å². The molecule has 0 bridgehead atoms. The van der Waals surface area contributed by atoms with Gasteiger partial charge in [-0.2, -0.15) is 0 Å². The maximum absolute atomic E-state index is 5.55. The van der Waals surface area contributed by atoms with E-state index in [9.17, 15) is 0 Å². The summed E-state index contributed by atoms with van der Waals surface area (Å²) in [6.45, 7) is 7.66. The van der Waals surface area contributed by atoms with Crippen LogP contribution >= 0.6 is 0 Å². The molecule has 2 aromatic rings. The Bertz CT molecular complexity index is 506. The van der Waals surface area contributed by atoms with Gasteiger partial charge in [-0.15, -0.1) is 0 Å². The number of pyridine rings is 1. The van der Waals surface area contributed by atoms with Crippen molar-refractivity contribution in [3.8, 4) is 0 Å². The van der Waals surface area contributed by atoms with Crippen LogP contribution in [0.3, 0.4) is 0 Å². The number of benzene rings is 1. The van der Waals surface area contributed by atoms with Gasteiger partial charge in [0.05, 0.1) is 12.1 Å². The zero-order chi connectivity index (χ0) is 13.5. The summed E-state index contributed by atoms with van der Waals surface area (Å²) in [5, 5.41) is 4.64. The van der Waals surface area contributed by atoms with Crippen LogP contribution < -0.4 is 5.32 Å². The van der Waals surface area contributed by atoms with E-state index in [1.165, 1.54) is 10.9 Å². The molecule has 0 atom stereocenters. The van der Waals surface area contributed by atoms with E-state index in [2.05, 4.69) is 42.3 Å². The van der Waals surface area contributed by atoms with Crippen molar-refractivity contribution in [1.29, 1.82) is 0 Å². The first kappa shape index (κ1) is 14.0. The maximum atomic E-state index is 5.55. The molecule has 0 amide bonds. The van der Waals surface area contributed by atoms with Crippen LogP contribution in [0.1, 0.15) is 19.4 Å². The average Bonchev–Trinajstić information content (AvgIpc) is 2.42. The zero-order valence-electron chi connectivity index (χ0n) is 11.7. The molecule has 3 nitrogen and oxygen atoms in total. The molecule has 0 spiro atoms. The second-order valence-electron chi connectivity index (χ2n) is 5.13. The van der Waals surface area contributed by atoms with E-state index in [0.717, 1.165) is 31.8 Å². The summed E-state index contributed by atoms with van der Waals surface area (Å²) in [5.41, 5.74) is 2.34. The predicted octanol–water partition coefficient (Wildman–Crippen LogP) is 3.00. The fourth-order valence-corrected chi connectivity index (χ4v) is 2.00. The Morgan fingerprint density at radius 2 is 2.05 bits per heavy atom. The molecule has 3 heteroatoms. The maximum Gasteiger partial charge on any atom is 0.0705 e. The summed E-state index contributed by atoms with van der Waals surface area (Å²) >= 11 is 0. The third-order valence-electron chi connectivity index (χ3n) is 2.93. The van der Waals surface area contributed by atoms with Crippen molar-refractivity contribution in [2.45, 2.75) is 20.4 Å². The first-order valence-electron chi connectivity index (χ1n) is 6.88. The van der Waals surface area contributed by atoms with Crippen LogP contribution in [0, 0.1) is 5.92 Å². The number of aromatic nitrogens is 1. The van der Waals surface area contributed by atoms with Crippen LogP contribution in [0.25, 0.3) is 10.9 Å². The summed E-state index contributed by atoms with van der Waals surface area (Å²) in [5.74, 6) is 0.601. The van der Waals surface area contributed by atoms with E-state index >= 15 is 0 Å². The molecule has 1 N–H and O–H groups in total. The molecule has 1 heterocycles. The Labute approximate surface area is 115 Å². The number of fused-ring (bicyclic) bond motifs is 1. The molecule has 1 aromatic heterocycles. The van der Waals surface area contributed by atoms with Gasteiger partial charge in [-0.05, 0) is 23.6 Å². The van der Waals surface area contributed by atoms with Crippen molar-refractivity contribution in [1.82, 2.24) is 10.3 Å². The van der Waals surface area contributed by atoms with Crippen LogP contribution in [-0.4, -0.2) is 24.7 Å². The second kappa shape index (κ2) is 7.22. The van der Waals surface area contributed by atoms with E-state index in [1.54, 1.807) is 0 Å². The average molecular weight is 258 g/mol. The van der Waals surface area contributed by atoms with Gasteiger partial charge in [0, 0.05) is 31.3 Å². The highest BCUT2D eigenvalue weighted by Gasteiger charge is 2.00. The third kappa shape index (κ3) is 4.30. The number of ether oxygens (including phenoxy) is 1. The van der Waals surface area contributed by atoms with Crippen molar-refractivity contribution in [3.05, 3.63) is 42.1 Å². The lowest BCUT2D eigenvalue weighted by Gasteiger charge is -2.09. The van der Waals surface area contributed by atoms with Crippen molar-refractivity contribution >= 4 is 10.9 Å². The highest BCUT2D eigenvalue weighted by atomic mass is 16.5. The molecule has 102 valence electrons. The minimum absolute atomic E-state index is 0.601. The molecule has 0 saturated carbocycles. The Morgan fingerprint density at radius 1 is 1.21 bits per heavy atom. The van der Waals surface area contributed by atoms with Gasteiger partial charge in [-0.25, -0.2) is 0 Å². The normalized spacial score (nSPS) is 11.3. The smallest absolute Gasteiger partial charge is 0.0705 e. The number of hydrogen-bond donors (Lipinski definition) is 1. The lowest BCUT2D eigenvalue weighted by atomic mass is 10.1. The van der Waals surface area contributed by atoms with Crippen molar-refractivity contribution in [3.63, 3.8) is 0 Å². The standard InChI is InChI=1S/C16H22N2O/c1-13(2)12-19-10-9-17-11-14-7-8-18-16-6-4-3-5-15(14)16/h3-8,13,17H,9-12H2,1-2H3. The fraction of sp³-hybridized carbons (Fsp3) is 0.438. The summed E-state index contributed by atoms with van der Waals surface area (Å²) in [6.07, 6.45) is 1.87. The molecule has 0 aliphatic carbocycles. The van der Waals surface area contributed by atoms with Gasteiger partial charge in [-0.3, -0.25) is 4.98 Å². The van der Waals surface area contributed by atoms with Gasteiger partial charge >= 0.3 is 0 Å². The van der Waals surface area contributed by atoms with E-state index in [-0.39, 0.29) is 0 Å². The van der Waals surface area contributed by atoms with Crippen LogP contribution in [0.2, 0.25) is 0 Å². The van der Waals surface area contributed by atoms with Gasteiger partial charge in [0.2, 0.25) is 0 Å². The molecule has 0 radical (unpaired) electrons. The number of nitrogens with zero attached hydrogens (tertiary/aromatic N) is 1. The molecule has 19 heavy (non-hydrogen) atoms. The zero-order valence-corrected chi connectivity index (χ0v) is 11.7. The fourth-order valence-electron chi connectivity index (χ4n) is 2.00. The first-order chi connectivity index (χ1) is 9.27. The number of rotatable bonds is 7. The van der Waals surface area contributed by atoms with Gasteiger partial charge in [-0.1, -0.05) is 32.0 Å². The lowest BCUT2D eigenvalue weighted by Crippen LogP contribution is -2.20. The Kier molecular flexibility index (Phi) is 5.31. The molecule has 2 rings (SSSR count). The molecule has 0 aliphatic heterocycles. The van der Waals surface area contributed by atoms with E-state index < -0.39 is 0 Å². The third-order valence-corrected chi connectivity index (χ3v) is 2.93. The van der Waals surface area contributed by atoms with E-state index in [4.69, 9.17) is 4.74 Å². The predicted molar refractivity (Wildman–Crippen MR) is 79.1 cm³/mol. The summed E-state index contributed by atoms with van der Waals surface area (Å²) in [6, 6.07) is 10.3. The Hall–Kier alpha value is -1.45. The van der Waals surface area contributed by atoms with Crippen LogP contribution in [0.15, 0.2) is 36.5 Å². The lowest BCUT2D eigenvalue weighted by molar-refractivity contribution is 0.111. The van der Waals surface area contributed by atoms with Crippen molar-refractivity contribution < 1.29 is 4.74 Å². The molecule has 0 fully saturated rings. The molecule has 0 unspecified atom stereocenters. The monoisotopic (exact) mass is 258 g/mol. The van der Waals surface area contributed by atoms with E-state index in [0.29, 0.717) is 5.92 Å². The van der Waals surface area contributed by atoms with Crippen molar-refractivity contribution in [2.75, 3.05) is 19.8 Å². The highest BCUT2D eigenvalue weighted by molar-refractivity contribution is 5.81. The summed E-state index contributed by atoms with van der Waals surface area (Å²) in [7, 11) is 0. The minimum atomic E-state index is 0.601. The Morgan fingerprint density at radius 3 is 2.89 bits per heavy atom.